The first-order chi connectivity index (χ1) is 23.3. The summed E-state index contributed by atoms with van der Waals surface area (Å²) in [6.07, 6.45) is 2.22. The van der Waals surface area contributed by atoms with Gasteiger partial charge < -0.3 is 4.74 Å². The minimum atomic E-state index is -1.28. The number of rotatable bonds is 11. The summed E-state index contributed by atoms with van der Waals surface area (Å²) in [5, 5.41) is 21.5. The summed E-state index contributed by atoms with van der Waals surface area (Å²) in [6.45, 7) is 13.4. The number of allylic oxidation sites excluding steroid dienone is 1. The number of anilines is 1. The van der Waals surface area contributed by atoms with Crippen molar-refractivity contribution in [3.63, 3.8) is 0 Å². The Labute approximate surface area is 291 Å². The van der Waals surface area contributed by atoms with Crippen LogP contribution in [0, 0.1) is 54.0 Å². The zero-order chi connectivity index (χ0) is 35.6. The molecule has 252 valence electrons. The number of para-hydroxylation sites is 1. The maximum atomic E-state index is 15.9. The zero-order valence-electron chi connectivity index (χ0n) is 28.6. The Morgan fingerprint density at radius 3 is 2.27 bits per heavy atom. The predicted molar refractivity (Wildman–Crippen MR) is 189 cm³/mol. The summed E-state index contributed by atoms with van der Waals surface area (Å²) in [5.41, 5.74) is 5.09. The Hall–Kier alpha value is -4.70. The van der Waals surface area contributed by atoms with E-state index in [0.29, 0.717) is 28.5 Å². The number of ether oxygens (including phenoxy) is 1. The first-order valence-corrected chi connectivity index (χ1v) is 16.8. The van der Waals surface area contributed by atoms with E-state index >= 15 is 13.2 Å². The Morgan fingerprint density at radius 1 is 0.939 bits per heavy atom. The van der Waals surface area contributed by atoms with Crippen LogP contribution in [0.1, 0.15) is 84.0 Å². The van der Waals surface area contributed by atoms with Crippen molar-refractivity contribution in [2.24, 2.45) is 0 Å². The number of nitriles is 2. The van der Waals surface area contributed by atoms with Crippen LogP contribution in [0.15, 0.2) is 72.1 Å². The molecular formula is C40H39F3N4OS. The minimum absolute atomic E-state index is 0.0169. The lowest BCUT2D eigenvalue weighted by Crippen LogP contribution is -2.38. The van der Waals surface area contributed by atoms with E-state index in [1.807, 2.05) is 29.3 Å². The Morgan fingerprint density at radius 2 is 1.63 bits per heavy atom. The highest BCUT2D eigenvalue weighted by Gasteiger charge is 2.30. The van der Waals surface area contributed by atoms with Gasteiger partial charge in [0, 0.05) is 11.1 Å². The molecule has 0 unspecified atom stereocenters. The van der Waals surface area contributed by atoms with Gasteiger partial charge in [-0.1, -0.05) is 69.8 Å². The molecule has 0 spiro atoms. The zero-order valence-corrected chi connectivity index (χ0v) is 29.4. The second-order valence-corrected chi connectivity index (χ2v) is 14.4. The maximum absolute atomic E-state index is 15.9. The lowest BCUT2D eigenvalue weighted by atomic mass is 9.84. The molecule has 49 heavy (non-hydrogen) atoms. The number of halogens is 3. The Kier molecular flexibility index (Phi) is 10.5. The van der Waals surface area contributed by atoms with E-state index in [1.54, 1.807) is 35.8 Å². The molecule has 0 saturated heterocycles. The van der Waals surface area contributed by atoms with E-state index in [0.717, 1.165) is 35.9 Å². The summed E-state index contributed by atoms with van der Waals surface area (Å²) < 4.78 is 54.1. The van der Waals surface area contributed by atoms with E-state index in [9.17, 15) is 10.5 Å². The first kappa shape index (κ1) is 35.6. The number of benzene rings is 4. The van der Waals surface area contributed by atoms with Crippen LogP contribution in [-0.2, 0) is 18.5 Å². The number of nitrogens with zero attached hydrogens (tertiary/aromatic N) is 4. The van der Waals surface area contributed by atoms with Gasteiger partial charge in [-0.05, 0) is 96.0 Å². The van der Waals surface area contributed by atoms with Crippen LogP contribution in [0.25, 0.3) is 5.57 Å². The second-order valence-electron chi connectivity index (χ2n) is 13.4. The molecule has 0 heterocycles. The number of hydrogen-bond donors (Lipinski definition) is 0. The molecule has 0 aliphatic heterocycles. The molecule has 0 atom stereocenters. The summed E-state index contributed by atoms with van der Waals surface area (Å²) >= 11 is 0.737. The van der Waals surface area contributed by atoms with E-state index in [-0.39, 0.29) is 40.8 Å². The highest BCUT2D eigenvalue weighted by atomic mass is 32.2. The van der Waals surface area contributed by atoms with Crippen LogP contribution in [-0.4, -0.2) is 11.5 Å². The third-order valence-corrected chi connectivity index (χ3v) is 10.00. The Balaban J connectivity index is 1.74. The van der Waals surface area contributed by atoms with Gasteiger partial charge in [-0.2, -0.15) is 14.9 Å². The van der Waals surface area contributed by atoms with Crippen LogP contribution in [0.3, 0.4) is 0 Å². The molecule has 0 bridgehead atoms. The van der Waals surface area contributed by atoms with Gasteiger partial charge in [0.05, 0.1) is 54.1 Å². The van der Waals surface area contributed by atoms with Gasteiger partial charge in [0.1, 0.15) is 11.6 Å². The topological polar surface area (TPSA) is 63.3 Å². The van der Waals surface area contributed by atoms with Gasteiger partial charge in [0.2, 0.25) is 0 Å². The van der Waals surface area contributed by atoms with Gasteiger partial charge >= 0.3 is 0 Å². The fourth-order valence-corrected chi connectivity index (χ4v) is 6.74. The van der Waals surface area contributed by atoms with Crippen molar-refractivity contribution in [1.82, 2.24) is 4.41 Å². The van der Waals surface area contributed by atoms with Crippen molar-refractivity contribution in [3.05, 3.63) is 129 Å². The molecule has 1 aliphatic carbocycles. The number of methoxy groups -OCH3 is 1. The van der Waals surface area contributed by atoms with Gasteiger partial charge in [0.25, 0.3) is 0 Å². The van der Waals surface area contributed by atoms with Crippen LogP contribution >= 0.6 is 11.9 Å². The van der Waals surface area contributed by atoms with Crippen LogP contribution in [0.5, 0.6) is 5.75 Å². The lowest BCUT2D eigenvalue weighted by Gasteiger charge is -2.37. The molecule has 1 aliphatic rings. The van der Waals surface area contributed by atoms with Crippen molar-refractivity contribution in [1.29, 1.82) is 10.5 Å². The predicted octanol–water partition coefficient (Wildman–Crippen LogP) is 10.4. The molecule has 9 heteroatoms. The molecule has 0 N–H and O–H groups in total. The number of hydrogen-bond acceptors (Lipinski definition) is 6. The summed E-state index contributed by atoms with van der Waals surface area (Å²) in [5.74, 6) is -2.21. The lowest BCUT2D eigenvalue weighted by molar-refractivity contribution is 0.381. The van der Waals surface area contributed by atoms with Crippen molar-refractivity contribution < 1.29 is 17.9 Å². The number of hydrazine groups is 1. The molecule has 5 nitrogen and oxygen atoms in total. The minimum Gasteiger partial charge on any atom is -0.496 e. The van der Waals surface area contributed by atoms with E-state index in [4.69, 9.17) is 4.74 Å². The monoisotopic (exact) mass is 680 g/mol. The molecule has 4 aromatic rings. The highest BCUT2D eigenvalue weighted by molar-refractivity contribution is 7.97. The standard InChI is InChI=1S/C40H39F3N4OS/c1-24(20-44)34-15-14-33(19-31(34)21-45)46(22-27-16-30(28-12-13-28)18-32(17-27)40(4,5)6)47(23-29-10-8-9-11-35(29)48-7)49-39-37(42)26(3)25(2)36(41)38(39)43/h8-11,14-19,28H,1,12-13,22-23H2,2-7H3. The normalized spacial score (nSPS) is 12.8. The summed E-state index contributed by atoms with van der Waals surface area (Å²) in [6, 6.07) is 23.1. The molecule has 4 aromatic carbocycles. The van der Waals surface area contributed by atoms with Crippen LogP contribution in [0.4, 0.5) is 18.9 Å². The first-order valence-electron chi connectivity index (χ1n) is 16.0. The Bertz CT molecular complexity index is 1970. The van der Waals surface area contributed by atoms with Gasteiger partial charge in [0.15, 0.2) is 11.6 Å². The molecule has 5 rings (SSSR count). The van der Waals surface area contributed by atoms with Gasteiger partial charge in [-0.15, -0.1) is 0 Å². The molecule has 0 amide bonds. The van der Waals surface area contributed by atoms with Gasteiger partial charge in [-0.3, -0.25) is 5.01 Å². The van der Waals surface area contributed by atoms with Crippen molar-refractivity contribution in [3.8, 4) is 17.9 Å². The maximum Gasteiger partial charge on any atom is 0.177 e. The van der Waals surface area contributed by atoms with E-state index in [1.165, 1.54) is 19.4 Å². The molecule has 1 saturated carbocycles. The molecule has 1 fully saturated rings. The van der Waals surface area contributed by atoms with Crippen LogP contribution < -0.4 is 9.75 Å². The fourth-order valence-electron chi connectivity index (χ4n) is 5.67. The molecule has 0 radical (unpaired) electrons. The third kappa shape index (κ3) is 7.64. The van der Waals surface area contributed by atoms with Crippen molar-refractivity contribution in [2.45, 2.75) is 76.8 Å². The SMILES string of the molecule is C=C(C#N)c1ccc(N(Cc2cc(C3CC3)cc(C(C)(C)C)c2)N(Cc2ccccc2OC)Sc2c(F)c(C)c(C)c(F)c2F)cc1C#N. The van der Waals surface area contributed by atoms with Gasteiger partial charge in [-0.25, -0.2) is 13.2 Å². The quantitative estimate of drug-likeness (QED) is 0.0680. The average Bonchev–Trinajstić information content (AvgIpc) is 3.95. The average molecular weight is 681 g/mol. The summed E-state index contributed by atoms with van der Waals surface area (Å²) in [4.78, 5) is -0.488. The third-order valence-electron chi connectivity index (χ3n) is 8.92. The molecule has 0 aromatic heterocycles. The largest absolute Gasteiger partial charge is 0.496 e. The molecular weight excluding hydrogens is 642 g/mol. The highest BCUT2D eigenvalue weighted by Crippen LogP contribution is 2.43. The smallest absolute Gasteiger partial charge is 0.177 e. The van der Waals surface area contributed by atoms with Crippen LogP contribution in [0.2, 0.25) is 0 Å². The van der Waals surface area contributed by atoms with E-state index < -0.39 is 22.3 Å². The van der Waals surface area contributed by atoms with Crippen molar-refractivity contribution in [2.75, 3.05) is 12.1 Å². The van der Waals surface area contributed by atoms with E-state index in [2.05, 4.69) is 51.6 Å². The summed E-state index contributed by atoms with van der Waals surface area (Å²) in [7, 11) is 1.55. The second kappa shape index (κ2) is 14.4. The van der Waals surface area contributed by atoms with Crippen molar-refractivity contribution >= 4 is 23.2 Å². The fraction of sp³-hybridized carbons (Fsp3) is 0.300.